The van der Waals surface area contributed by atoms with Crippen LogP contribution in [0.4, 0.5) is 0 Å². The average molecular weight is 447 g/mol. The molecule has 0 atom stereocenters. The first-order valence-corrected chi connectivity index (χ1v) is 11.7. The van der Waals surface area contributed by atoms with Crippen LogP contribution in [0, 0.1) is 17.2 Å². The third-order valence-corrected chi connectivity index (χ3v) is 6.66. The fourth-order valence-corrected chi connectivity index (χ4v) is 4.71. The fourth-order valence-electron chi connectivity index (χ4n) is 3.72. The zero-order valence-corrected chi connectivity index (χ0v) is 19.0. The molecule has 2 aromatic rings. The van der Waals surface area contributed by atoms with E-state index in [0.29, 0.717) is 46.4 Å². The molecular weight excluding hydrogens is 420 g/mol. The Kier molecular flexibility index (Phi) is 7.43. The van der Waals surface area contributed by atoms with E-state index in [4.69, 9.17) is 11.6 Å². The van der Waals surface area contributed by atoms with Crippen molar-refractivity contribution in [2.24, 2.45) is 5.92 Å². The first-order valence-electron chi connectivity index (χ1n) is 10.4. The minimum atomic E-state index is -0.766. The molecule has 1 aromatic heterocycles. The van der Waals surface area contributed by atoms with E-state index >= 15 is 0 Å². The number of carbonyl (C=O) groups excluding carboxylic acids is 1. The van der Waals surface area contributed by atoms with Crippen LogP contribution in [0.5, 0.6) is 0 Å². The van der Waals surface area contributed by atoms with E-state index in [1.807, 2.05) is 0 Å². The van der Waals surface area contributed by atoms with E-state index < -0.39 is 5.54 Å². The Bertz CT molecular complexity index is 1020. The highest BCUT2D eigenvalue weighted by atomic mass is 35.5. The summed E-state index contributed by atoms with van der Waals surface area (Å²) in [5, 5.41) is 14.0. The highest BCUT2D eigenvalue weighted by Crippen LogP contribution is 2.28. The Morgan fingerprint density at radius 2 is 2.10 bits per heavy atom. The van der Waals surface area contributed by atoms with Gasteiger partial charge in [0.25, 0.3) is 5.56 Å². The quantitative estimate of drug-likeness (QED) is 0.498. The van der Waals surface area contributed by atoms with Gasteiger partial charge in [0.1, 0.15) is 5.54 Å². The van der Waals surface area contributed by atoms with Gasteiger partial charge in [-0.1, -0.05) is 56.5 Å². The van der Waals surface area contributed by atoms with E-state index in [0.717, 1.165) is 25.7 Å². The number of fused-ring (bicyclic) bond motifs is 1. The van der Waals surface area contributed by atoms with Crippen LogP contribution in [-0.4, -0.2) is 26.8 Å². The summed E-state index contributed by atoms with van der Waals surface area (Å²) in [6.45, 7) is 4.74. The lowest BCUT2D eigenvalue weighted by molar-refractivity contribution is -0.120. The molecule has 6 nitrogen and oxygen atoms in total. The molecular formula is C22H27ClN4O2S. The molecule has 1 heterocycles. The van der Waals surface area contributed by atoms with Gasteiger partial charge >= 0.3 is 0 Å². The van der Waals surface area contributed by atoms with Crippen LogP contribution in [0.3, 0.4) is 0 Å². The predicted octanol–water partition coefficient (Wildman–Crippen LogP) is 4.53. The van der Waals surface area contributed by atoms with E-state index in [-0.39, 0.29) is 17.2 Å². The van der Waals surface area contributed by atoms with Crippen LogP contribution in [0.15, 0.2) is 28.2 Å². The van der Waals surface area contributed by atoms with Crippen LogP contribution in [-0.2, 0) is 11.3 Å². The summed E-state index contributed by atoms with van der Waals surface area (Å²) < 4.78 is 1.65. The standard InChI is InChI=1S/C22H27ClN4O2S/c1-15(2)8-11-27-20(29)17-7-6-16(23)12-18(17)25-21(27)30-13-19(28)26-22(14-24)9-4-3-5-10-22/h6-7,12,15H,3-5,8-11,13H2,1-2H3,(H,26,28). The van der Waals surface area contributed by atoms with Crippen LogP contribution in [0.1, 0.15) is 52.4 Å². The van der Waals surface area contributed by atoms with Gasteiger partial charge in [0.15, 0.2) is 5.16 Å². The smallest absolute Gasteiger partial charge is 0.262 e. The summed E-state index contributed by atoms with van der Waals surface area (Å²) in [5.41, 5.74) is -0.365. The Balaban J connectivity index is 1.82. The molecule has 1 N–H and O–H groups in total. The second-order valence-electron chi connectivity index (χ2n) is 8.29. The first kappa shape index (κ1) is 22.6. The van der Waals surface area contributed by atoms with Crippen molar-refractivity contribution < 1.29 is 4.79 Å². The third-order valence-electron chi connectivity index (χ3n) is 5.44. The van der Waals surface area contributed by atoms with Gasteiger partial charge in [0, 0.05) is 11.6 Å². The van der Waals surface area contributed by atoms with Gasteiger partial charge in [0.2, 0.25) is 5.91 Å². The highest BCUT2D eigenvalue weighted by molar-refractivity contribution is 7.99. The van der Waals surface area contributed by atoms with Crippen molar-refractivity contribution >= 4 is 40.2 Å². The number of carbonyl (C=O) groups is 1. The molecule has 1 saturated carbocycles. The molecule has 160 valence electrons. The summed E-state index contributed by atoms with van der Waals surface area (Å²) in [6, 6.07) is 7.35. The molecule has 30 heavy (non-hydrogen) atoms. The summed E-state index contributed by atoms with van der Waals surface area (Å²) in [4.78, 5) is 30.3. The number of nitrogens with one attached hydrogen (secondary N) is 1. The number of thioether (sulfide) groups is 1. The molecule has 1 aromatic carbocycles. The maximum Gasteiger partial charge on any atom is 0.262 e. The lowest BCUT2D eigenvalue weighted by Crippen LogP contribution is -2.49. The molecule has 1 fully saturated rings. The number of nitriles is 1. The molecule has 3 rings (SSSR count). The molecule has 0 spiro atoms. The maximum atomic E-state index is 13.1. The van der Waals surface area contributed by atoms with Gasteiger partial charge in [-0.2, -0.15) is 5.26 Å². The zero-order chi connectivity index (χ0) is 21.7. The lowest BCUT2D eigenvalue weighted by Gasteiger charge is -2.31. The highest BCUT2D eigenvalue weighted by Gasteiger charge is 2.33. The van der Waals surface area contributed by atoms with Crippen LogP contribution in [0.2, 0.25) is 5.02 Å². The predicted molar refractivity (Wildman–Crippen MR) is 121 cm³/mol. The summed E-state index contributed by atoms with van der Waals surface area (Å²) >= 11 is 7.31. The van der Waals surface area contributed by atoms with E-state index in [1.165, 1.54) is 11.8 Å². The van der Waals surface area contributed by atoms with Gasteiger partial charge in [-0.05, 0) is 43.4 Å². The topological polar surface area (TPSA) is 87.8 Å². The van der Waals surface area contributed by atoms with Crippen molar-refractivity contribution in [3.05, 3.63) is 33.6 Å². The minimum absolute atomic E-state index is 0.101. The Hall–Kier alpha value is -2.04. The largest absolute Gasteiger partial charge is 0.337 e. The van der Waals surface area contributed by atoms with Gasteiger partial charge in [-0.15, -0.1) is 0 Å². The number of halogens is 1. The average Bonchev–Trinajstić information content (AvgIpc) is 2.72. The molecule has 1 aliphatic rings. The second kappa shape index (κ2) is 9.84. The van der Waals surface area contributed by atoms with E-state index in [2.05, 4.69) is 30.2 Å². The zero-order valence-electron chi connectivity index (χ0n) is 17.4. The Labute approximate surface area is 186 Å². The first-order chi connectivity index (χ1) is 14.3. The lowest BCUT2D eigenvalue weighted by atomic mass is 9.83. The number of rotatable bonds is 7. The van der Waals surface area contributed by atoms with Crippen molar-refractivity contribution in [3.63, 3.8) is 0 Å². The number of aromatic nitrogens is 2. The number of amides is 1. The van der Waals surface area contributed by atoms with Gasteiger partial charge < -0.3 is 5.32 Å². The minimum Gasteiger partial charge on any atom is -0.337 e. The molecule has 0 unspecified atom stereocenters. The van der Waals surface area contributed by atoms with Crippen molar-refractivity contribution in [3.8, 4) is 6.07 Å². The van der Waals surface area contributed by atoms with Gasteiger partial charge in [-0.3, -0.25) is 14.2 Å². The van der Waals surface area contributed by atoms with Gasteiger partial charge in [-0.25, -0.2) is 4.98 Å². The molecule has 0 saturated heterocycles. The van der Waals surface area contributed by atoms with Crippen LogP contribution in [0.25, 0.3) is 10.9 Å². The van der Waals surface area contributed by atoms with Crippen LogP contribution < -0.4 is 10.9 Å². The summed E-state index contributed by atoms with van der Waals surface area (Å²) in [7, 11) is 0. The SMILES string of the molecule is CC(C)CCn1c(SCC(=O)NC2(C#N)CCCCC2)nc2cc(Cl)ccc2c1=O. The number of hydrogen-bond donors (Lipinski definition) is 1. The molecule has 8 heteroatoms. The van der Waals surface area contributed by atoms with E-state index in [9.17, 15) is 14.9 Å². The number of hydrogen-bond acceptors (Lipinski definition) is 5. The maximum absolute atomic E-state index is 13.1. The Morgan fingerprint density at radius 1 is 1.37 bits per heavy atom. The third kappa shape index (κ3) is 5.35. The molecule has 1 amide bonds. The number of benzene rings is 1. The fraction of sp³-hybridized carbons (Fsp3) is 0.545. The molecule has 0 radical (unpaired) electrons. The molecule has 1 aliphatic carbocycles. The van der Waals surface area contributed by atoms with Crippen molar-refractivity contribution in [2.75, 3.05) is 5.75 Å². The second-order valence-corrected chi connectivity index (χ2v) is 9.67. The Morgan fingerprint density at radius 3 is 2.77 bits per heavy atom. The van der Waals surface area contributed by atoms with E-state index in [1.54, 1.807) is 22.8 Å². The monoisotopic (exact) mass is 446 g/mol. The summed E-state index contributed by atoms with van der Waals surface area (Å²) in [6.07, 6.45) is 5.20. The molecule has 0 bridgehead atoms. The number of nitrogens with zero attached hydrogens (tertiary/aromatic N) is 3. The van der Waals surface area contributed by atoms with Gasteiger partial charge in [0.05, 0.1) is 22.7 Å². The van der Waals surface area contributed by atoms with Crippen LogP contribution >= 0.6 is 23.4 Å². The van der Waals surface area contributed by atoms with Crippen molar-refractivity contribution in [1.29, 1.82) is 5.26 Å². The normalized spacial score (nSPS) is 15.8. The summed E-state index contributed by atoms with van der Waals surface area (Å²) in [5.74, 6) is 0.323. The van der Waals surface area contributed by atoms with Crippen molar-refractivity contribution in [2.45, 2.75) is 69.6 Å². The van der Waals surface area contributed by atoms with Crippen molar-refractivity contribution in [1.82, 2.24) is 14.9 Å². The molecule has 0 aliphatic heterocycles.